The predicted octanol–water partition coefficient (Wildman–Crippen LogP) is 3.45. The lowest BCUT2D eigenvalue weighted by molar-refractivity contribution is -0.147. The van der Waals surface area contributed by atoms with Gasteiger partial charge in [-0.05, 0) is 52.3 Å². The van der Waals surface area contributed by atoms with Crippen LogP contribution in [0.5, 0.6) is 5.75 Å². The molecule has 0 saturated carbocycles. The third kappa shape index (κ3) is 7.70. The molecular weight excluding hydrogens is 523 g/mol. The van der Waals surface area contributed by atoms with Gasteiger partial charge in [0.2, 0.25) is 17.7 Å². The Morgan fingerprint density at radius 3 is 2.00 bits per heavy atom. The predicted molar refractivity (Wildman–Crippen MR) is 156 cm³/mol. The van der Waals surface area contributed by atoms with Gasteiger partial charge in [0.25, 0.3) is 0 Å². The van der Waals surface area contributed by atoms with Crippen molar-refractivity contribution in [2.75, 3.05) is 14.1 Å². The van der Waals surface area contributed by atoms with Gasteiger partial charge in [-0.3, -0.25) is 14.4 Å². The highest BCUT2D eigenvalue weighted by atomic mass is 19.1. The molecule has 0 bridgehead atoms. The molecule has 0 spiro atoms. The minimum atomic E-state index is -1.08. The van der Waals surface area contributed by atoms with E-state index < -0.39 is 41.7 Å². The van der Waals surface area contributed by atoms with E-state index in [9.17, 15) is 23.9 Å². The lowest BCUT2D eigenvalue weighted by Crippen LogP contribution is -2.53. The highest BCUT2D eigenvalue weighted by Gasteiger charge is 2.36. The zero-order valence-corrected chi connectivity index (χ0v) is 24.2. The molecule has 3 aromatic rings. The number of aromatic hydroxyl groups is 1. The van der Waals surface area contributed by atoms with Crippen LogP contribution in [0, 0.1) is 5.82 Å². The summed E-state index contributed by atoms with van der Waals surface area (Å²) >= 11 is 0. The van der Waals surface area contributed by atoms with Gasteiger partial charge < -0.3 is 26.4 Å². The number of carbonyl (C=O) groups is 3. The summed E-state index contributed by atoms with van der Waals surface area (Å²) in [4.78, 5) is 42.7. The molecule has 0 heterocycles. The molecule has 3 rings (SSSR count). The number of hydrogen-bond acceptors (Lipinski definition) is 5. The van der Waals surface area contributed by atoms with Crippen LogP contribution < -0.4 is 11.5 Å². The molecule has 0 fully saturated rings. The first kappa shape index (κ1) is 31.3. The molecule has 3 aromatic carbocycles. The molecule has 0 radical (unpaired) electrons. The summed E-state index contributed by atoms with van der Waals surface area (Å²) in [5.41, 5.74) is 14.3. The van der Waals surface area contributed by atoms with E-state index in [1.165, 1.54) is 36.0 Å². The summed E-state index contributed by atoms with van der Waals surface area (Å²) < 4.78 is 13.3. The molecule has 0 aromatic heterocycles. The number of phenols is 1. The summed E-state index contributed by atoms with van der Waals surface area (Å²) in [6.45, 7) is 5.89. The van der Waals surface area contributed by atoms with Crippen LogP contribution in [0.1, 0.15) is 49.1 Å². The maximum atomic E-state index is 14.0. The van der Waals surface area contributed by atoms with Crippen LogP contribution in [-0.2, 0) is 32.6 Å². The van der Waals surface area contributed by atoms with Gasteiger partial charge >= 0.3 is 0 Å². The molecule has 0 aliphatic heterocycles. The van der Waals surface area contributed by atoms with Crippen molar-refractivity contribution in [3.05, 3.63) is 101 Å². The monoisotopic (exact) mass is 562 g/mol. The number of phenolic OH excluding ortho intramolecular Hbond substituents is 1. The molecule has 0 aliphatic rings. The zero-order chi connectivity index (χ0) is 30.5. The molecule has 0 aliphatic carbocycles. The third-order valence-electron chi connectivity index (χ3n) is 7.21. The van der Waals surface area contributed by atoms with Crippen molar-refractivity contribution in [3.63, 3.8) is 0 Å². The Bertz CT molecular complexity index is 1370. The van der Waals surface area contributed by atoms with Crippen molar-refractivity contribution in [3.8, 4) is 5.75 Å². The fourth-order valence-electron chi connectivity index (χ4n) is 4.83. The van der Waals surface area contributed by atoms with Crippen LogP contribution in [-0.4, -0.2) is 58.8 Å². The molecule has 9 heteroatoms. The Hall–Kier alpha value is -4.24. The topological polar surface area (TPSA) is 130 Å². The van der Waals surface area contributed by atoms with Gasteiger partial charge in [0.1, 0.15) is 23.7 Å². The zero-order valence-electron chi connectivity index (χ0n) is 24.2. The number of rotatable bonds is 10. The highest BCUT2D eigenvalue weighted by Crippen LogP contribution is 2.32. The summed E-state index contributed by atoms with van der Waals surface area (Å²) in [6, 6.07) is 16.4. The van der Waals surface area contributed by atoms with E-state index in [-0.39, 0.29) is 24.0 Å². The van der Waals surface area contributed by atoms with E-state index in [0.29, 0.717) is 16.7 Å². The number of likely N-dealkylation sites (N-methyl/N-ethyl adjacent to an activating group) is 2. The number of nitrogens with two attached hydrogens (primary N) is 2. The first-order valence-electron chi connectivity index (χ1n) is 13.4. The summed E-state index contributed by atoms with van der Waals surface area (Å²) in [7, 11) is 2.97. The van der Waals surface area contributed by atoms with Gasteiger partial charge in [-0.2, -0.15) is 0 Å². The van der Waals surface area contributed by atoms with Gasteiger partial charge in [0.15, 0.2) is 0 Å². The maximum absolute atomic E-state index is 14.0. The second kappa shape index (κ2) is 13.0. The van der Waals surface area contributed by atoms with E-state index in [4.69, 9.17) is 11.5 Å². The fourth-order valence-corrected chi connectivity index (χ4v) is 4.83. The van der Waals surface area contributed by atoms with E-state index in [1.54, 1.807) is 54.6 Å². The van der Waals surface area contributed by atoms with Crippen LogP contribution in [0.2, 0.25) is 0 Å². The van der Waals surface area contributed by atoms with E-state index in [0.717, 1.165) is 5.56 Å². The molecule has 5 N–H and O–H groups in total. The van der Waals surface area contributed by atoms with Crippen molar-refractivity contribution < 1.29 is 23.9 Å². The van der Waals surface area contributed by atoms with Crippen LogP contribution in [0.25, 0.3) is 0 Å². The van der Waals surface area contributed by atoms with Crippen molar-refractivity contribution >= 4 is 17.7 Å². The van der Waals surface area contributed by atoms with Crippen LogP contribution >= 0.6 is 0 Å². The molecule has 0 saturated heterocycles. The number of primary amides is 1. The molecular formula is C32H39FN4O4. The largest absolute Gasteiger partial charge is 0.508 e. The summed E-state index contributed by atoms with van der Waals surface area (Å²) in [5, 5.41) is 10.4. The molecule has 3 amide bonds. The van der Waals surface area contributed by atoms with Gasteiger partial charge in [-0.25, -0.2) is 4.39 Å². The smallest absolute Gasteiger partial charge is 0.250 e. The van der Waals surface area contributed by atoms with E-state index >= 15 is 0 Å². The van der Waals surface area contributed by atoms with Crippen molar-refractivity contribution in [2.24, 2.45) is 11.5 Å². The normalized spacial score (nSPS) is 13.6. The van der Waals surface area contributed by atoms with E-state index in [2.05, 4.69) is 0 Å². The van der Waals surface area contributed by atoms with Gasteiger partial charge in [-0.1, -0.05) is 75.4 Å². The minimum Gasteiger partial charge on any atom is -0.508 e. The Labute approximate surface area is 240 Å². The minimum absolute atomic E-state index is 0.115. The molecule has 0 unspecified atom stereocenters. The SMILES string of the molecule is CN(C(=O)[C@@H](N)Cc1ccc(F)cc1)[C@H](C(=O)N(C)[C@@H](Cc1ccc(O)c(C(C)(C)C)c1)C(N)=O)c1ccccc1. The molecule has 8 nitrogen and oxygen atoms in total. The quantitative estimate of drug-likeness (QED) is 0.349. The molecule has 3 atom stereocenters. The summed E-state index contributed by atoms with van der Waals surface area (Å²) in [5.74, 6) is -1.97. The fraction of sp³-hybridized carbons (Fsp3) is 0.344. The van der Waals surface area contributed by atoms with Gasteiger partial charge in [0, 0.05) is 20.5 Å². The van der Waals surface area contributed by atoms with Crippen LogP contribution in [0.4, 0.5) is 4.39 Å². The Morgan fingerprint density at radius 2 is 1.44 bits per heavy atom. The number of carbonyl (C=O) groups excluding carboxylic acids is 3. The highest BCUT2D eigenvalue weighted by molar-refractivity contribution is 5.93. The van der Waals surface area contributed by atoms with E-state index in [1.807, 2.05) is 26.8 Å². The molecule has 218 valence electrons. The Kier molecular flexibility index (Phi) is 9.88. The number of hydrogen-bond donors (Lipinski definition) is 3. The average molecular weight is 563 g/mol. The number of halogens is 1. The van der Waals surface area contributed by atoms with Gasteiger partial charge in [0.05, 0.1) is 6.04 Å². The molecule has 41 heavy (non-hydrogen) atoms. The van der Waals surface area contributed by atoms with Crippen LogP contribution in [0.3, 0.4) is 0 Å². The van der Waals surface area contributed by atoms with Crippen molar-refractivity contribution in [2.45, 2.75) is 57.2 Å². The number of amides is 3. The first-order chi connectivity index (χ1) is 19.2. The third-order valence-corrected chi connectivity index (χ3v) is 7.21. The maximum Gasteiger partial charge on any atom is 0.250 e. The van der Waals surface area contributed by atoms with Crippen molar-refractivity contribution in [1.29, 1.82) is 0 Å². The Balaban J connectivity index is 1.90. The standard InChI is InChI=1S/C32H39FN4O4/c1-32(2,3)24-17-21(13-16-27(24)38)19-26(29(35)39)36(4)31(41)28(22-9-7-6-8-10-22)37(5)30(40)25(34)18-20-11-14-23(33)15-12-20/h6-17,25-26,28,38H,18-19,34H2,1-5H3,(H2,35,39)/t25-,26-,28-/m0/s1. The second-order valence-electron chi connectivity index (χ2n) is 11.4. The second-order valence-corrected chi connectivity index (χ2v) is 11.4. The van der Waals surface area contributed by atoms with Gasteiger partial charge in [-0.15, -0.1) is 0 Å². The van der Waals surface area contributed by atoms with Crippen LogP contribution in [0.15, 0.2) is 72.8 Å². The lowest BCUT2D eigenvalue weighted by Gasteiger charge is -2.35. The summed E-state index contributed by atoms with van der Waals surface area (Å²) in [6.07, 6.45) is 0.264. The lowest BCUT2D eigenvalue weighted by atomic mass is 9.84. The first-order valence-corrected chi connectivity index (χ1v) is 13.4. The Morgan fingerprint density at radius 1 is 0.854 bits per heavy atom. The number of nitrogens with zero attached hydrogens (tertiary/aromatic N) is 2. The number of benzene rings is 3. The van der Waals surface area contributed by atoms with Crippen molar-refractivity contribution in [1.82, 2.24) is 9.80 Å². The average Bonchev–Trinajstić information content (AvgIpc) is 2.92.